The lowest BCUT2D eigenvalue weighted by Crippen LogP contribution is -2.09. The molecule has 0 spiro atoms. The Bertz CT molecular complexity index is 230. The number of hydrogen-bond acceptors (Lipinski definition) is 1. The van der Waals surface area contributed by atoms with E-state index in [-0.39, 0.29) is 5.92 Å². The summed E-state index contributed by atoms with van der Waals surface area (Å²) in [6.45, 7) is 2.07. The molecule has 0 saturated heterocycles. The maximum atomic E-state index is 11.8. The van der Waals surface area contributed by atoms with E-state index in [0.717, 1.165) is 19.3 Å². The van der Waals surface area contributed by atoms with Crippen molar-refractivity contribution in [1.82, 2.24) is 0 Å². The van der Waals surface area contributed by atoms with Crippen molar-refractivity contribution in [2.24, 2.45) is 5.92 Å². The maximum Gasteiger partial charge on any atom is 0.136 e. The third-order valence-electron chi connectivity index (χ3n) is 3.75. The van der Waals surface area contributed by atoms with Crippen LogP contribution in [0.5, 0.6) is 0 Å². The lowest BCUT2D eigenvalue weighted by molar-refractivity contribution is -0.122. The van der Waals surface area contributed by atoms with E-state index in [1.807, 2.05) is 0 Å². The van der Waals surface area contributed by atoms with Gasteiger partial charge in [-0.3, -0.25) is 4.79 Å². The molecule has 0 fully saturated rings. The molecule has 0 bridgehead atoms. The van der Waals surface area contributed by atoms with E-state index in [0.29, 0.717) is 5.78 Å². The van der Waals surface area contributed by atoms with Crippen LogP contribution in [0.15, 0.2) is 12.2 Å². The van der Waals surface area contributed by atoms with Gasteiger partial charge in [0.1, 0.15) is 5.78 Å². The van der Waals surface area contributed by atoms with E-state index < -0.39 is 0 Å². The third-order valence-corrected chi connectivity index (χ3v) is 3.75. The lowest BCUT2D eigenvalue weighted by atomic mass is 9.97. The van der Waals surface area contributed by atoms with Crippen molar-refractivity contribution >= 4 is 5.78 Å². The number of carbonyl (C=O) groups excluding carboxylic acids is 1. The molecule has 1 atom stereocenters. The van der Waals surface area contributed by atoms with E-state index in [1.54, 1.807) is 0 Å². The molecule has 0 aromatic rings. The molecule has 0 N–H and O–H groups in total. The standard InChI is InChI=1S/C16H28O/c1-15-13-11-9-7-5-3-2-4-6-8-10-12-14-16(15)17/h9,11,15H,2-8,10,12-14H2,1H3/b11-9-/t15-/m0/s1. The minimum Gasteiger partial charge on any atom is -0.299 e. The second kappa shape index (κ2) is 9.44. The van der Waals surface area contributed by atoms with E-state index in [1.165, 1.54) is 51.4 Å². The van der Waals surface area contributed by atoms with Crippen LogP contribution >= 0.6 is 0 Å². The molecule has 1 rings (SSSR count). The summed E-state index contributed by atoms with van der Waals surface area (Å²) in [7, 11) is 0. The van der Waals surface area contributed by atoms with Gasteiger partial charge in [0.15, 0.2) is 0 Å². The summed E-state index contributed by atoms with van der Waals surface area (Å²) in [6.07, 6.45) is 17.9. The fourth-order valence-corrected chi connectivity index (χ4v) is 2.42. The van der Waals surface area contributed by atoms with Gasteiger partial charge in [0.05, 0.1) is 0 Å². The first kappa shape index (κ1) is 14.5. The SMILES string of the molecule is C[C@H]1C/C=C\CCCCCCCCCCC1=O. The zero-order chi connectivity index (χ0) is 12.3. The fourth-order valence-electron chi connectivity index (χ4n) is 2.42. The number of carbonyl (C=O) groups is 1. The van der Waals surface area contributed by atoms with Crippen LogP contribution in [0, 0.1) is 5.92 Å². The van der Waals surface area contributed by atoms with Crippen LogP contribution in [0.4, 0.5) is 0 Å². The number of rotatable bonds is 0. The fraction of sp³-hybridized carbons (Fsp3) is 0.812. The Morgan fingerprint density at radius 1 is 0.882 bits per heavy atom. The molecule has 0 aliphatic heterocycles. The summed E-state index contributed by atoms with van der Waals surface area (Å²) in [5.74, 6) is 0.695. The third kappa shape index (κ3) is 7.36. The van der Waals surface area contributed by atoms with Gasteiger partial charge < -0.3 is 0 Å². The monoisotopic (exact) mass is 236 g/mol. The van der Waals surface area contributed by atoms with Crippen molar-refractivity contribution in [3.63, 3.8) is 0 Å². The highest BCUT2D eigenvalue weighted by Crippen LogP contribution is 2.15. The molecule has 1 heteroatoms. The van der Waals surface area contributed by atoms with Crippen LogP contribution in [0.1, 0.15) is 77.6 Å². The number of ketones is 1. The molecule has 1 nitrogen and oxygen atoms in total. The van der Waals surface area contributed by atoms with Crippen molar-refractivity contribution in [2.45, 2.75) is 77.6 Å². The molecule has 0 unspecified atom stereocenters. The van der Waals surface area contributed by atoms with Gasteiger partial charge in [-0.25, -0.2) is 0 Å². The zero-order valence-corrected chi connectivity index (χ0v) is 11.4. The van der Waals surface area contributed by atoms with Crippen LogP contribution in [-0.2, 0) is 4.79 Å². The first-order chi connectivity index (χ1) is 8.30. The Morgan fingerprint density at radius 2 is 1.47 bits per heavy atom. The van der Waals surface area contributed by atoms with E-state index in [2.05, 4.69) is 19.1 Å². The summed E-state index contributed by atoms with van der Waals surface area (Å²) >= 11 is 0. The van der Waals surface area contributed by atoms with Crippen LogP contribution in [-0.4, -0.2) is 5.78 Å². The van der Waals surface area contributed by atoms with Gasteiger partial charge in [0, 0.05) is 12.3 Å². The normalized spacial score (nSPS) is 28.1. The van der Waals surface area contributed by atoms with E-state index in [9.17, 15) is 4.79 Å². The first-order valence-electron chi connectivity index (χ1n) is 7.48. The predicted octanol–water partition coefficient (Wildman–Crippen LogP) is 5.05. The lowest BCUT2D eigenvalue weighted by Gasteiger charge is -2.07. The molecule has 0 aromatic heterocycles. The smallest absolute Gasteiger partial charge is 0.136 e. The van der Waals surface area contributed by atoms with Gasteiger partial charge in [-0.2, -0.15) is 0 Å². The minimum absolute atomic E-state index is 0.233. The average Bonchev–Trinajstić information content (AvgIpc) is 2.34. The Morgan fingerprint density at radius 3 is 2.18 bits per heavy atom. The van der Waals surface area contributed by atoms with Crippen molar-refractivity contribution < 1.29 is 4.79 Å². The van der Waals surface area contributed by atoms with Gasteiger partial charge in [0.2, 0.25) is 0 Å². The van der Waals surface area contributed by atoms with E-state index >= 15 is 0 Å². The summed E-state index contributed by atoms with van der Waals surface area (Å²) < 4.78 is 0. The van der Waals surface area contributed by atoms with Crippen LogP contribution in [0.2, 0.25) is 0 Å². The quantitative estimate of drug-likeness (QED) is 0.538. The zero-order valence-electron chi connectivity index (χ0n) is 11.4. The number of allylic oxidation sites excluding steroid dienone is 2. The molecule has 1 aliphatic rings. The molecule has 0 amide bonds. The molecule has 98 valence electrons. The van der Waals surface area contributed by atoms with Crippen LogP contribution < -0.4 is 0 Å². The molecule has 0 heterocycles. The van der Waals surface area contributed by atoms with E-state index in [4.69, 9.17) is 0 Å². The summed E-state index contributed by atoms with van der Waals surface area (Å²) in [4.78, 5) is 11.8. The highest BCUT2D eigenvalue weighted by molar-refractivity contribution is 5.80. The molecule has 0 aromatic carbocycles. The Labute approximate surface area is 107 Å². The molecular formula is C16H28O. The largest absolute Gasteiger partial charge is 0.299 e. The van der Waals surface area contributed by atoms with Gasteiger partial charge in [-0.15, -0.1) is 0 Å². The molecule has 17 heavy (non-hydrogen) atoms. The van der Waals surface area contributed by atoms with Gasteiger partial charge in [-0.05, 0) is 25.7 Å². The highest BCUT2D eigenvalue weighted by atomic mass is 16.1. The minimum atomic E-state index is 0.233. The number of hydrogen-bond donors (Lipinski definition) is 0. The van der Waals surface area contributed by atoms with Crippen molar-refractivity contribution in [3.05, 3.63) is 12.2 Å². The molecule has 0 saturated carbocycles. The van der Waals surface area contributed by atoms with Crippen molar-refractivity contribution in [3.8, 4) is 0 Å². The van der Waals surface area contributed by atoms with Gasteiger partial charge in [-0.1, -0.05) is 57.6 Å². The molecular weight excluding hydrogens is 208 g/mol. The molecule has 1 aliphatic carbocycles. The maximum absolute atomic E-state index is 11.8. The Kier molecular flexibility index (Phi) is 8.04. The topological polar surface area (TPSA) is 17.1 Å². The van der Waals surface area contributed by atoms with Gasteiger partial charge >= 0.3 is 0 Å². The Balaban J connectivity index is 2.32. The van der Waals surface area contributed by atoms with Crippen molar-refractivity contribution in [1.29, 1.82) is 0 Å². The summed E-state index contributed by atoms with van der Waals surface area (Å²) in [5, 5.41) is 0. The second-order valence-electron chi connectivity index (χ2n) is 5.44. The highest BCUT2D eigenvalue weighted by Gasteiger charge is 2.10. The van der Waals surface area contributed by atoms with Crippen LogP contribution in [0.3, 0.4) is 0 Å². The average molecular weight is 236 g/mol. The first-order valence-corrected chi connectivity index (χ1v) is 7.48. The summed E-state index contributed by atoms with van der Waals surface area (Å²) in [5.41, 5.74) is 0. The van der Waals surface area contributed by atoms with Crippen LogP contribution in [0.25, 0.3) is 0 Å². The molecule has 0 radical (unpaired) electrons. The number of Topliss-reactive ketones (excluding diaryl/α,β-unsaturated/α-hetero) is 1. The van der Waals surface area contributed by atoms with Gasteiger partial charge in [0.25, 0.3) is 0 Å². The predicted molar refractivity (Wildman–Crippen MR) is 74.1 cm³/mol. The Hall–Kier alpha value is -0.590. The van der Waals surface area contributed by atoms with Crippen molar-refractivity contribution in [2.75, 3.05) is 0 Å². The second-order valence-corrected chi connectivity index (χ2v) is 5.44. The summed E-state index contributed by atoms with van der Waals surface area (Å²) in [6, 6.07) is 0.